The van der Waals surface area contributed by atoms with Crippen LogP contribution in [-0.2, 0) is 14.3 Å². The van der Waals surface area contributed by atoms with E-state index in [9.17, 15) is 14.4 Å². The molecule has 2 aromatic carbocycles. The van der Waals surface area contributed by atoms with Crippen LogP contribution in [-0.4, -0.2) is 68.6 Å². The molecule has 2 heterocycles. The van der Waals surface area contributed by atoms with Gasteiger partial charge in [-0.2, -0.15) is 0 Å². The number of ether oxygens (including phenoxy) is 2. The largest absolute Gasteiger partial charge is 0.495 e. The maximum atomic E-state index is 13.1. The zero-order chi connectivity index (χ0) is 22.7. The predicted octanol–water partition coefficient (Wildman–Crippen LogP) is 2.33. The van der Waals surface area contributed by atoms with Crippen molar-refractivity contribution in [1.29, 1.82) is 0 Å². The Morgan fingerprint density at radius 3 is 2.34 bits per heavy atom. The summed E-state index contributed by atoms with van der Waals surface area (Å²) in [6.45, 7) is 4.87. The van der Waals surface area contributed by atoms with Gasteiger partial charge in [0, 0.05) is 26.2 Å². The van der Waals surface area contributed by atoms with Crippen LogP contribution in [0.25, 0.3) is 0 Å². The van der Waals surface area contributed by atoms with E-state index in [1.807, 2.05) is 24.3 Å². The van der Waals surface area contributed by atoms with E-state index in [1.165, 1.54) is 4.90 Å². The van der Waals surface area contributed by atoms with Crippen molar-refractivity contribution in [2.75, 3.05) is 49.7 Å². The molecular formula is C24H27N3O5. The number of benzene rings is 2. The molecule has 2 fully saturated rings. The smallest absolute Gasteiger partial charge is 0.338 e. The Morgan fingerprint density at radius 1 is 1.00 bits per heavy atom. The van der Waals surface area contributed by atoms with Crippen molar-refractivity contribution in [2.45, 2.75) is 19.4 Å². The molecule has 0 N–H and O–H groups in total. The molecular weight excluding hydrogens is 410 g/mol. The van der Waals surface area contributed by atoms with Crippen LogP contribution in [0.1, 0.15) is 23.7 Å². The lowest BCUT2D eigenvalue weighted by molar-refractivity contribution is -0.123. The van der Waals surface area contributed by atoms with Crippen LogP contribution in [0, 0.1) is 0 Å². The third-order valence-corrected chi connectivity index (χ3v) is 5.94. The van der Waals surface area contributed by atoms with Crippen molar-refractivity contribution in [3.63, 3.8) is 0 Å². The fourth-order valence-electron chi connectivity index (χ4n) is 4.30. The average molecular weight is 437 g/mol. The molecule has 4 rings (SSSR count). The quantitative estimate of drug-likeness (QED) is 0.507. The normalized spacial score (nSPS) is 19.4. The first kappa shape index (κ1) is 21.8. The number of para-hydroxylation sites is 2. The third kappa shape index (κ3) is 4.18. The summed E-state index contributed by atoms with van der Waals surface area (Å²) in [6, 6.07) is 13.8. The van der Waals surface area contributed by atoms with Gasteiger partial charge in [-0.25, -0.2) is 9.69 Å². The lowest BCUT2D eigenvalue weighted by Crippen LogP contribution is -2.52. The van der Waals surface area contributed by atoms with Crippen molar-refractivity contribution >= 4 is 29.2 Å². The van der Waals surface area contributed by atoms with E-state index < -0.39 is 12.0 Å². The Kier molecular flexibility index (Phi) is 6.41. The molecule has 2 aliphatic rings. The Bertz CT molecular complexity index is 999. The van der Waals surface area contributed by atoms with Gasteiger partial charge in [0.05, 0.1) is 43.1 Å². The van der Waals surface area contributed by atoms with Crippen LogP contribution >= 0.6 is 0 Å². The number of anilines is 2. The summed E-state index contributed by atoms with van der Waals surface area (Å²) >= 11 is 0. The van der Waals surface area contributed by atoms with Crippen LogP contribution in [0.2, 0.25) is 0 Å². The van der Waals surface area contributed by atoms with E-state index in [4.69, 9.17) is 9.47 Å². The molecule has 0 spiro atoms. The Balaban J connectivity index is 1.42. The summed E-state index contributed by atoms with van der Waals surface area (Å²) in [7, 11) is 1.66. The highest BCUT2D eigenvalue weighted by Crippen LogP contribution is 2.30. The van der Waals surface area contributed by atoms with Gasteiger partial charge < -0.3 is 14.4 Å². The number of carbonyl (C=O) groups excluding carboxylic acids is 3. The molecule has 0 bridgehead atoms. The van der Waals surface area contributed by atoms with E-state index in [-0.39, 0.29) is 24.8 Å². The van der Waals surface area contributed by atoms with Gasteiger partial charge in [-0.05, 0) is 43.3 Å². The van der Waals surface area contributed by atoms with E-state index >= 15 is 0 Å². The average Bonchev–Trinajstić information content (AvgIpc) is 3.13. The summed E-state index contributed by atoms with van der Waals surface area (Å²) < 4.78 is 10.4. The molecule has 1 atom stereocenters. The second-order valence-corrected chi connectivity index (χ2v) is 7.75. The van der Waals surface area contributed by atoms with Crippen LogP contribution in [0.3, 0.4) is 0 Å². The number of nitrogens with zero attached hydrogens (tertiary/aromatic N) is 3. The Morgan fingerprint density at radius 2 is 1.69 bits per heavy atom. The van der Waals surface area contributed by atoms with E-state index in [1.54, 1.807) is 38.3 Å². The van der Waals surface area contributed by atoms with Gasteiger partial charge in [0.1, 0.15) is 5.75 Å². The SMILES string of the molecule is CCOC(=O)c1ccc(N2C(=O)C[C@H](N3CCN(c4ccccc4OC)CC3)C2=O)cc1. The monoisotopic (exact) mass is 437 g/mol. The zero-order valence-corrected chi connectivity index (χ0v) is 18.3. The fraction of sp³-hybridized carbons (Fsp3) is 0.375. The van der Waals surface area contributed by atoms with Crippen molar-refractivity contribution in [1.82, 2.24) is 4.90 Å². The molecule has 168 valence electrons. The molecule has 0 unspecified atom stereocenters. The zero-order valence-electron chi connectivity index (χ0n) is 18.3. The molecule has 0 aromatic heterocycles. The number of piperazine rings is 1. The number of rotatable bonds is 6. The minimum atomic E-state index is -0.466. The van der Waals surface area contributed by atoms with Crippen molar-refractivity contribution in [2.24, 2.45) is 0 Å². The predicted molar refractivity (Wildman–Crippen MR) is 120 cm³/mol. The van der Waals surface area contributed by atoms with Gasteiger partial charge in [0.2, 0.25) is 5.91 Å². The number of hydrogen-bond donors (Lipinski definition) is 0. The summed E-state index contributed by atoms with van der Waals surface area (Å²) in [4.78, 5) is 43.2. The summed E-state index contributed by atoms with van der Waals surface area (Å²) in [5.74, 6) is -0.0462. The van der Waals surface area contributed by atoms with Gasteiger partial charge in [-0.1, -0.05) is 12.1 Å². The van der Waals surface area contributed by atoms with Crippen LogP contribution in [0.15, 0.2) is 48.5 Å². The molecule has 2 amide bonds. The maximum Gasteiger partial charge on any atom is 0.338 e. The van der Waals surface area contributed by atoms with Gasteiger partial charge in [0.25, 0.3) is 5.91 Å². The van der Waals surface area contributed by atoms with Crippen molar-refractivity contribution < 1.29 is 23.9 Å². The first-order valence-corrected chi connectivity index (χ1v) is 10.8. The van der Waals surface area contributed by atoms with E-state index in [2.05, 4.69) is 9.80 Å². The molecule has 0 saturated carbocycles. The number of hydrogen-bond acceptors (Lipinski definition) is 7. The highest BCUT2D eigenvalue weighted by molar-refractivity contribution is 6.22. The number of carbonyl (C=O) groups is 3. The van der Waals surface area contributed by atoms with Gasteiger partial charge in [-0.15, -0.1) is 0 Å². The van der Waals surface area contributed by atoms with Crippen LogP contribution in [0.5, 0.6) is 5.75 Å². The Hall–Kier alpha value is -3.39. The number of methoxy groups -OCH3 is 1. The van der Waals surface area contributed by atoms with Crippen LogP contribution < -0.4 is 14.5 Å². The molecule has 0 aliphatic carbocycles. The van der Waals surface area contributed by atoms with Crippen molar-refractivity contribution in [3.8, 4) is 5.75 Å². The molecule has 32 heavy (non-hydrogen) atoms. The van der Waals surface area contributed by atoms with E-state index in [0.29, 0.717) is 24.3 Å². The number of esters is 1. The lowest BCUT2D eigenvalue weighted by Gasteiger charge is -2.38. The number of amides is 2. The number of imide groups is 1. The summed E-state index contributed by atoms with van der Waals surface area (Å²) in [5.41, 5.74) is 1.90. The summed E-state index contributed by atoms with van der Waals surface area (Å²) in [5, 5.41) is 0. The summed E-state index contributed by atoms with van der Waals surface area (Å²) in [6.07, 6.45) is 0.160. The molecule has 2 aromatic rings. The first-order valence-electron chi connectivity index (χ1n) is 10.8. The highest BCUT2D eigenvalue weighted by Gasteiger charge is 2.43. The second-order valence-electron chi connectivity index (χ2n) is 7.75. The lowest BCUT2D eigenvalue weighted by atomic mass is 10.1. The standard InChI is InChI=1S/C24H27N3O5/c1-3-32-24(30)17-8-10-18(11-9-17)27-22(28)16-20(23(27)29)26-14-12-25(13-15-26)19-6-4-5-7-21(19)31-2/h4-11,20H,3,12-16H2,1-2H3/t20-/m0/s1. The fourth-order valence-corrected chi connectivity index (χ4v) is 4.30. The van der Waals surface area contributed by atoms with Crippen molar-refractivity contribution in [3.05, 3.63) is 54.1 Å². The minimum Gasteiger partial charge on any atom is -0.495 e. The second kappa shape index (κ2) is 9.40. The third-order valence-electron chi connectivity index (χ3n) is 5.94. The van der Waals surface area contributed by atoms with Crippen LogP contribution in [0.4, 0.5) is 11.4 Å². The van der Waals surface area contributed by atoms with Gasteiger partial charge in [0.15, 0.2) is 0 Å². The molecule has 8 heteroatoms. The topological polar surface area (TPSA) is 79.4 Å². The maximum absolute atomic E-state index is 13.1. The molecule has 0 radical (unpaired) electrons. The highest BCUT2D eigenvalue weighted by atomic mass is 16.5. The molecule has 2 saturated heterocycles. The molecule has 8 nitrogen and oxygen atoms in total. The van der Waals surface area contributed by atoms with Gasteiger partial charge in [-0.3, -0.25) is 14.5 Å². The first-order chi connectivity index (χ1) is 15.5. The van der Waals surface area contributed by atoms with Gasteiger partial charge >= 0.3 is 5.97 Å². The molecule has 2 aliphatic heterocycles. The Labute approximate surface area is 187 Å². The minimum absolute atomic E-state index is 0.160. The van der Waals surface area contributed by atoms with E-state index in [0.717, 1.165) is 24.5 Å².